The summed E-state index contributed by atoms with van der Waals surface area (Å²) in [7, 11) is 3.94. The van der Waals surface area contributed by atoms with Crippen LogP contribution >= 0.6 is 0 Å². The van der Waals surface area contributed by atoms with E-state index in [0.29, 0.717) is 12.0 Å². The predicted molar refractivity (Wildman–Crippen MR) is 123 cm³/mol. The van der Waals surface area contributed by atoms with Gasteiger partial charge in [0.1, 0.15) is 11.9 Å². The second kappa shape index (κ2) is 8.94. The lowest BCUT2D eigenvalue weighted by Crippen LogP contribution is -2.61. The Balaban J connectivity index is 1.74. The van der Waals surface area contributed by atoms with E-state index in [4.69, 9.17) is 4.74 Å². The molecule has 170 valence electrons. The molecule has 2 aromatic rings. The van der Waals surface area contributed by atoms with Crippen LogP contribution in [0.1, 0.15) is 42.1 Å². The summed E-state index contributed by atoms with van der Waals surface area (Å²) in [5.74, 6) is -0.0156. The maximum absolute atomic E-state index is 13.2. The summed E-state index contributed by atoms with van der Waals surface area (Å²) in [6, 6.07) is 16.6. The molecule has 1 saturated carbocycles. The van der Waals surface area contributed by atoms with Gasteiger partial charge in [-0.05, 0) is 56.3 Å². The van der Waals surface area contributed by atoms with E-state index in [2.05, 4.69) is 18.0 Å². The van der Waals surface area contributed by atoms with Crippen molar-refractivity contribution in [3.8, 4) is 5.75 Å². The number of carbonyl (C=O) groups excluding carboxylic acids is 2. The zero-order valence-corrected chi connectivity index (χ0v) is 19.0. The van der Waals surface area contributed by atoms with Crippen LogP contribution in [-0.4, -0.2) is 66.1 Å². The molecule has 2 aromatic carbocycles. The van der Waals surface area contributed by atoms with Gasteiger partial charge in [-0.2, -0.15) is 0 Å². The summed E-state index contributed by atoms with van der Waals surface area (Å²) in [6.45, 7) is 3.16. The highest BCUT2D eigenvalue weighted by molar-refractivity contribution is 5.94. The van der Waals surface area contributed by atoms with Gasteiger partial charge < -0.3 is 19.6 Å². The average Bonchev–Trinajstić information content (AvgIpc) is 2.78. The smallest absolute Gasteiger partial charge is 0.302 e. The van der Waals surface area contributed by atoms with Gasteiger partial charge in [0.25, 0.3) is 5.91 Å². The van der Waals surface area contributed by atoms with Crippen LogP contribution in [0.15, 0.2) is 54.6 Å². The highest BCUT2D eigenvalue weighted by Crippen LogP contribution is 2.51. The van der Waals surface area contributed by atoms with Crippen molar-refractivity contribution in [2.45, 2.75) is 43.7 Å². The maximum Gasteiger partial charge on any atom is 0.302 e. The number of phenolic OH excluding ortho intramolecular Hbond substituents is 1. The van der Waals surface area contributed by atoms with Crippen LogP contribution in [0.2, 0.25) is 0 Å². The Hall–Kier alpha value is -2.86. The SMILES string of the molecule is CC(=O)OC1CC(N(C)C(=O)c2ccccc2)CC2(c3cccc(O)c3)CCN(C)CC12. The van der Waals surface area contributed by atoms with Crippen molar-refractivity contribution in [2.75, 3.05) is 27.2 Å². The van der Waals surface area contributed by atoms with Crippen LogP contribution < -0.4 is 0 Å². The Morgan fingerprint density at radius 3 is 2.59 bits per heavy atom. The van der Waals surface area contributed by atoms with E-state index >= 15 is 0 Å². The molecule has 1 aliphatic heterocycles. The Bertz CT molecular complexity index is 979. The number of hydrogen-bond acceptors (Lipinski definition) is 5. The average molecular weight is 437 g/mol. The number of rotatable bonds is 4. The van der Waals surface area contributed by atoms with Gasteiger partial charge in [0.15, 0.2) is 0 Å². The molecule has 0 bridgehead atoms. The fourth-order valence-electron chi connectivity index (χ4n) is 5.72. The molecule has 0 spiro atoms. The third-order valence-corrected chi connectivity index (χ3v) is 7.34. The van der Waals surface area contributed by atoms with Gasteiger partial charge in [-0.25, -0.2) is 0 Å². The number of esters is 1. The number of phenols is 1. The van der Waals surface area contributed by atoms with Crippen molar-refractivity contribution in [1.29, 1.82) is 0 Å². The minimum atomic E-state index is -0.303. The van der Waals surface area contributed by atoms with Crippen molar-refractivity contribution in [3.63, 3.8) is 0 Å². The van der Waals surface area contributed by atoms with E-state index in [0.717, 1.165) is 31.5 Å². The summed E-state index contributed by atoms with van der Waals surface area (Å²) < 4.78 is 5.89. The van der Waals surface area contributed by atoms with Crippen LogP contribution in [0.4, 0.5) is 0 Å². The number of amides is 1. The largest absolute Gasteiger partial charge is 0.508 e. The summed E-state index contributed by atoms with van der Waals surface area (Å²) in [5, 5.41) is 10.2. The number of benzene rings is 2. The van der Waals surface area contributed by atoms with Crippen molar-refractivity contribution >= 4 is 11.9 Å². The Labute approximate surface area is 189 Å². The molecule has 1 saturated heterocycles. The summed E-state index contributed by atoms with van der Waals surface area (Å²) in [6.07, 6.45) is 1.94. The zero-order valence-electron chi connectivity index (χ0n) is 19.0. The first-order chi connectivity index (χ1) is 15.3. The molecular formula is C26H32N2O4. The van der Waals surface area contributed by atoms with Crippen LogP contribution in [0.3, 0.4) is 0 Å². The monoisotopic (exact) mass is 436 g/mol. The molecule has 0 aromatic heterocycles. The lowest BCUT2D eigenvalue weighted by atomic mass is 9.56. The van der Waals surface area contributed by atoms with Crippen molar-refractivity contribution in [1.82, 2.24) is 9.80 Å². The highest BCUT2D eigenvalue weighted by atomic mass is 16.5. The molecule has 2 fully saturated rings. The third kappa shape index (κ3) is 4.24. The van der Waals surface area contributed by atoms with E-state index in [1.165, 1.54) is 6.92 Å². The zero-order chi connectivity index (χ0) is 22.9. The van der Waals surface area contributed by atoms with Gasteiger partial charge in [0.05, 0.1) is 0 Å². The van der Waals surface area contributed by atoms with Crippen LogP contribution in [0.5, 0.6) is 5.75 Å². The molecule has 1 aliphatic carbocycles. The lowest BCUT2D eigenvalue weighted by molar-refractivity contribution is -0.158. The molecule has 2 aliphatic rings. The number of hydrogen-bond donors (Lipinski definition) is 1. The molecule has 4 unspecified atom stereocenters. The first-order valence-electron chi connectivity index (χ1n) is 11.3. The molecule has 4 rings (SSSR count). The fourth-order valence-corrected chi connectivity index (χ4v) is 5.72. The van der Waals surface area contributed by atoms with Gasteiger partial charge in [-0.3, -0.25) is 9.59 Å². The topological polar surface area (TPSA) is 70.1 Å². The Kier molecular flexibility index (Phi) is 6.24. The van der Waals surface area contributed by atoms with E-state index in [-0.39, 0.29) is 41.1 Å². The van der Waals surface area contributed by atoms with E-state index in [9.17, 15) is 14.7 Å². The maximum atomic E-state index is 13.2. The molecule has 0 radical (unpaired) electrons. The van der Waals surface area contributed by atoms with Gasteiger partial charge >= 0.3 is 5.97 Å². The molecule has 6 heteroatoms. The van der Waals surface area contributed by atoms with Crippen molar-refractivity contribution < 1.29 is 19.4 Å². The number of piperidine rings is 1. The number of nitrogens with zero attached hydrogens (tertiary/aromatic N) is 2. The number of fused-ring (bicyclic) bond motifs is 1. The van der Waals surface area contributed by atoms with Crippen LogP contribution in [0.25, 0.3) is 0 Å². The van der Waals surface area contributed by atoms with Crippen molar-refractivity contribution in [2.24, 2.45) is 5.92 Å². The number of carbonyl (C=O) groups is 2. The lowest BCUT2D eigenvalue weighted by Gasteiger charge is -2.56. The Morgan fingerprint density at radius 1 is 1.16 bits per heavy atom. The minimum absolute atomic E-state index is 0.0328. The van der Waals surface area contributed by atoms with Gasteiger partial charge in [0, 0.05) is 49.9 Å². The summed E-state index contributed by atoms with van der Waals surface area (Å²) in [4.78, 5) is 29.4. The molecule has 1 N–H and O–H groups in total. The molecule has 1 amide bonds. The molecule has 6 nitrogen and oxygen atoms in total. The minimum Gasteiger partial charge on any atom is -0.508 e. The van der Waals surface area contributed by atoms with Gasteiger partial charge in [0.2, 0.25) is 0 Å². The second-order valence-corrected chi connectivity index (χ2v) is 9.35. The second-order valence-electron chi connectivity index (χ2n) is 9.35. The quantitative estimate of drug-likeness (QED) is 0.744. The molecule has 32 heavy (non-hydrogen) atoms. The molecular weight excluding hydrogens is 404 g/mol. The van der Waals surface area contributed by atoms with Crippen LogP contribution in [-0.2, 0) is 14.9 Å². The number of likely N-dealkylation sites (tertiary alicyclic amines) is 1. The van der Waals surface area contributed by atoms with Gasteiger partial charge in [-0.1, -0.05) is 30.3 Å². The normalized spacial score (nSPS) is 27.9. The number of ether oxygens (including phenoxy) is 1. The van der Waals surface area contributed by atoms with Gasteiger partial charge in [-0.15, -0.1) is 0 Å². The van der Waals surface area contributed by atoms with Crippen LogP contribution in [0, 0.1) is 5.92 Å². The van der Waals surface area contributed by atoms with Crippen molar-refractivity contribution in [3.05, 3.63) is 65.7 Å². The number of aromatic hydroxyl groups is 1. The van der Waals surface area contributed by atoms with E-state index < -0.39 is 0 Å². The van der Waals surface area contributed by atoms with E-state index in [1.54, 1.807) is 6.07 Å². The standard InChI is InChI=1S/C26H32N2O4/c1-18(29)32-24-15-21(28(3)25(31)19-8-5-4-6-9-19)16-26(12-13-27(2)17-23(24)26)20-10-7-11-22(30)14-20/h4-11,14,21,23-24,30H,12-13,15-17H2,1-3H3. The third-order valence-electron chi connectivity index (χ3n) is 7.34. The molecule has 4 atom stereocenters. The Morgan fingerprint density at radius 2 is 1.91 bits per heavy atom. The summed E-state index contributed by atoms with van der Waals surface area (Å²) >= 11 is 0. The molecule has 1 heterocycles. The van der Waals surface area contributed by atoms with E-state index in [1.807, 2.05) is 54.4 Å². The first kappa shape index (κ1) is 22.3. The first-order valence-corrected chi connectivity index (χ1v) is 11.3. The summed E-state index contributed by atoms with van der Waals surface area (Å²) in [5.41, 5.74) is 1.41. The highest BCUT2D eigenvalue weighted by Gasteiger charge is 2.54. The predicted octanol–water partition coefficient (Wildman–Crippen LogP) is 3.45. The fraction of sp³-hybridized carbons (Fsp3) is 0.462.